The molecule has 0 aromatic heterocycles. The van der Waals surface area contributed by atoms with Crippen molar-refractivity contribution >= 4 is 5.91 Å². The average molecular weight is 293 g/mol. The Kier molecular flexibility index (Phi) is 4.14. The van der Waals surface area contributed by atoms with Crippen LogP contribution in [-0.2, 0) is 11.2 Å². The number of aliphatic hydroxyl groups is 1. The lowest BCUT2D eigenvalue weighted by atomic mass is 9.86. The van der Waals surface area contributed by atoms with Crippen molar-refractivity contribution in [3.8, 4) is 11.5 Å². The Morgan fingerprint density at radius 1 is 1.29 bits per heavy atom. The Morgan fingerprint density at radius 3 is 2.57 bits per heavy atom. The summed E-state index contributed by atoms with van der Waals surface area (Å²) in [6.07, 6.45) is 1.22. The van der Waals surface area contributed by atoms with E-state index in [1.165, 1.54) is 0 Å². The molecule has 0 bridgehead atoms. The molecule has 1 aromatic carbocycles. The average Bonchev–Trinajstić information content (AvgIpc) is 2.48. The molecule has 1 atom stereocenters. The molecule has 21 heavy (non-hydrogen) atoms. The van der Waals surface area contributed by atoms with Crippen LogP contribution >= 0.6 is 0 Å². The molecule has 1 heterocycles. The molecule has 5 heteroatoms. The molecule has 0 spiro atoms. The van der Waals surface area contributed by atoms with Crippen molar-refractivity contribution in [3.05, 3.63) is 22.3 Å². The fourth-order valence-electron chi connectivity index (χ4n) is 2.76. The number of hydrogen-bond donors (Lipinski definition) is 3. The van der Waals surface area contributed by atoms with Gasteiger partial charge in [0.05, 0.1) is 6.61 Å². The van der Waals surface area contributed by atoms with Gasteiger partial charge in [0.1, 0.15) is 11.5 Å². The topological polar surface area (TPSA) is 78.8 Å². The zero-order valence-corrected chi connectivity index (χ0v) is 13.0. The highest BCUT2D eigenvalue weighted by molar-refractivity contribution is 5.85. The standard InChI is InChI=1S/C16H23NO4/c1-9-10(2)14-12(11(3)13(9)19)5-6-16(4,21-14)15(20)17-7-8-18/h18-19H,5-8H2,1-4H3,(H,17,20)/t16-/m0/s1. The van der Waals surface area contributed by atoms with E-state index in [-0.39, 0.29) is 19.1 Å². The number of ether oxygens (including phenoxy) is 1. The van der Waals surface area contributed by atoms with Crippen molar-refractivity contribution in [2.45, 2.75) is 46.1 Å². The van der Waals surface area contributed by atoms with Crippen LogP contribution in [0.2, 0.25) is 0 Å². The van der Waals surface area contributed by atoms with Crippen LogP contribution in [0.15, 0.2) is 0 Å². The van der Waals surface area contributed by atoms with Gasteiger partial charge in [-0.05, 0) is 50.8 Å². The molecule has 1 aromatic rings. The van der Waals surface area contributed by atoms with E-state index in [0.717, 1.165) is 22.3 Å². The second kappa shape index (κ2) is 5.56. The van der Waals surface area contributed by atoms with Gasteiger partial charge in [-0.15, -0.1) is 0 Å². The summed E-state index contributed by atoms with van der Waals surface area (Å²) >= 11 is 0. The van der Waals surface area contributed by atoms with Gasteiger partial charge in [-0.2, -0.15) is 0 Å². The predicted molar refractivity (Wildman–Crippen MR) is 79.8 cm³/mol. The number of hydrogen-bond acceptors (Lipinski definition) is 4. The van der Waals surface area contributed by atoms with Gasteiger partial charge in [0.2, 0.25) is 0 Å². The summed E-state index contributed by atoms with van der Waals surface area (Å²) in [6, 6.07) is 0. The zero-order chi connectivity index (χ0) is 15.8. The molecule has 3 N–H and O–H groups in total. The van der Waals surface area contributed by atoms with Crippen LogP contribution in [0.5, 0.6) is 11.5 Å². The van der Waals surface area contributed by atoms with Crippen molar-refractivity contribution < 1.29 is 19.7 Å². The molecule has 0 fully saturated rings. The fraction of sp³-hybridized carbons (Fsp3) is 0.562. The van der Waals surface area contributed by atoms with E-state index in [0.29, 0.717) is 24.3 Å². The Balaban J connectivity index is 2.38. The summed E-state index contributed by atoms with van der Waals surface area (Å²) in [4.78, 5) is 12.2. The first-order valence-corrected chi connectivity index (χ1v) is 7.21. The Morgan fingerprint density at radius 2 is 1.95 bits per heavy atom. The van der Waals surface area contributed by atoms with E-state index in [4.69, 9.17) is 9.84 Å². The van der Waals surface area contributed by atoms with Crippen molar-refractivity contribution in [1.82, 2.24) is 5.32 Å². The SMILES string of the molecule is Cc1c(C)c2c(c(C)c1O)CC[C@@](C)(C(=O)NCCO)O2. The summed E-state index contributed by atoms with van der Waals surface area (Å²) in [7, 11) is 0. The Hall–Kier alpha value is -1.75. The van der Waals surface area contributed by atoms with Crippen LogP contribution in [0.25, 0.3) is 0 Å². The number of aromatic hydroxyl groups is 1. The normalized spacial score (nSPS) is 20.6. The summed E-state index contributed by atoms with van der Waals surface area (Å²) in [5.74, 6) is 0.795. The second-order valence-corrected chi connectivity index (χ2v) is 5.84. The third-order valence-corrected chi connectivity index (χ3v) is 4.40. The van der Waals surface area contributed by atoms with E-state index in [1.807, 2.05) is 20.8 Å². The molecule has 0 saturated heterocycles. The lowest BCUT2D eigenvalue weighted by molar-refractivity contribution is -0.137. The van der Waals surface area contributed by atoms with Gasteiger partial charge in [-0.25, -0.2) is 0 Å². The maximum atomic E-state index is 12.2. The first-order chi connectivity index (χ1) is 9.81. The van der Waals surface area contributed by atoms with Gasteiger partial charge < -0.3 is 20.3 Å². The highest BCUT2D eigenvalue weighted by Crippen LogP contribution is 2.43. The molecule has 1 aliphatic heterocycles. The lowest BCUT2D eigenvalue weighted by Crippen LogP contribution is -2.51. The molecule has 1 amide bonds. The highest BCUT2D eigenvalue weighted by Gasteiger charge is 2.40. The second-order valence-electron chi connectivity index (χ2n) is 5.84. The molecular formula is C16H23NO4. The van der Waals surface area contributed by atoms with Crippen molar-refractivity contribution in [2.24, 2.45) is 0 Å². The van der Waals surface area contributed by atoms with E-state index < -0.39 is 5.60 Å². The molecule has 0 unspecified atom stereocenters. The molecule has 0 aliphatic carbocycles. The van der Waals surface area contributed by atoms with Crippen LogP contribution in [0.4, 0.5) is 0 Å². The van der Waals surface area contributed by atoms with Gasteiger partial charge in [0, 0.05) is 18.5 Å². The van der Waals surface area contributed by atoms with Crippen molar-refractivity contribution in [1.29, 1.82) is 0 Å². The zero-order valence-electron chi connectivity index (χ0n) is 13.0. The minimum atomic E-state index is -0.942. The van der Waals surface area contributed by atoms with Gasteiger partial charge in [0.15, 0.2) is 5.60 Å². The summed E-state index contributed by atoms with van der Waals surface area (Å²) in [6.45, 7) is 7.50. The van der Waals surface area contributed by atoms with Crippen LogP contribution in [0.1, 0.15) is 35.6 Å². The number of phenols is 1. The third-order valence-electron chi connectivity index (χ3n) is 4.40. The van der Waals surface area contributed by atoms with Crippen LogP contribution in [0.3, 0.4) is 0 Å². The third kappa shape index (κ3) is 2.58. The number of carbonyl (C=O) groups excluding carboxylic acids is 1. The number of rotatable bonds is 3. The molecule has 1 aliphatic rings. The predicted octanol–water partition coefficient (Wildman–Crippen LogP) is 1.51. The number of phenolic OH excluding ortho intramolecular Hbond substituents is 1. The first-order valence-electron chi connectivity index (χ1n) is 7.21. The minimum Gasteiger partial charge on any atom is -0.507 e. The summed E-state index contributed by atoms with van der Waals surface area (Å²) in [5.41, 5.74) is 2.51. The molecule has 2 rings (SSSR count). The lowest BCUT2D eigenvalue weighted by Gasteiger charge is -2.36. The Bertz CT molecular complexity index is 582. The first kappa shape index (κ1) is 15.6. The van der Waals surface area contributed by atoms with Gasteiger partial charge in [-0.3, -0.25) is 4.79 Å². The van der Waals surface area contributed by atoms with E-state index in [2.05, 4.69) is 5.32 Å². The van der Waals surface area contributed by atoms with Crippen LogP contribution in [0, 0.1) is 20.8 Å². The number of amides is 1. The minimum absolute atomic E-state index is 0.0937. The largest absolute Gasteiger partial charge is 0.507 e. The van der Waals surface area contributed by atoms with Gasteiger partial charge >= 0.3 is 0 Å². The number of benzene rings is 1. The smallest absolute Gasteiger partial charge is 0.263 e. The van der Waals surface area contributed by atoms with Gasteiger partial charge in [0.25, 0.3) is 5.91 Å². The van der Waals surface area contributed by atoms with E-state index >= 15 is 0 Å². The van der Waals surface area contributed by atoms with Crippen LogP contribution in [-0.4, -0.2) is 34.9 Å². The maximum absolute atomic E-state index is 12.2. The molecule has 116 valence electrons. The molecular weight excluding hydrogens is 270 g/mol. The van der Waals surface area contributed by atoms with E-state index in [9.17, 15) is 9.90 Å². The number of aliphatic hydroxyl groups excluding tert-OH is 1. The number of carbonyl (C=O) groups is 1. The molecule has 0 saturated carbocycles. The quantitative estimate of drug-likeness (QED) is 0.789. The highest BCUT2D eigenvalue weighted by atomic mass is 16.5. The fourth-order valence-corrected chi connectivity index (χ4v) is 2.76. The Labute approximate surface area is 124 Å². The maximum Gasteiger partial charge on any atom is 0.263 e. The monoisotopic (exact) mass is 293 g/mol. The van der Waals surface area contributed by atoms with E-state index in [1.54, 1.807) is 6.92 Å². The molecule has 0 radical (unpaired) electrons. The number of fused-ring (bicyclic) bond motifs is 1. The van der Waals surface area contributed by atoms with Crippen LogP contribution < -0.4 is 10.1 Å². The summed E-state index contributed by atoms with van der Waals surface area (Å²) in [5, 5.41) is 21.6. The van der Waals surface area contributed by atoms with Gasteiger partial charge in [-0.1, -0.05) is 0 Å². The van der Waals surface area contributed by atoms with Crippen molar-refractivity contribution in [3.63, 3.8) is 0 Å². The summed E-state index contributed by atoms with van der Waals surface area (Å²) < 4.78 is 6.02. The number of nitrogens with one attached hydrogen (secondary N) is 1. The van der Waals surface area contributed by atoms with Crippen molar-refractivity contribution in [2.75, 3.05) is 13.2 Å². The molecule has 5 nitrogen and oxygen atoms in total.